The lowest BCUT2D eigenvalue weighted by molar-refractivity contribution is 0.619. The highest BCUT2D eigenvalue weighted by molar-refractivity contribution is 7.71. The molecule has 0 amide bonds. The van der Waals surface area contributed by atoms with Crippen LogP contribution in [0.5, 0.6) is 0 Å². The zero-order valence-corrected chi connectivity index (χ0v) is 8.94. The average molecular weight is 220 g/mol. The van der Waals surface area contributed by atoms with E-state index in [2.05, 4.69) is 9.97 Å². The second kappa shape index (κ2) is 3.90. The number of aromatic amines is 1. The third-order valence-corrected chi connectivity index (χ3v) is 2.46. The van der Waals surface area contributed by atoms with E-state index in [1.54, 1.807) is 19.1 Å². The normalized spacial score (nSPS) is 10.3. The number of H-pyrrole nitrogens is 1. The number of rotatable bonds is 1. The molecule has 1 heterocycles. The third kappa shape index (κ3) is 1.94. The highest BCUT2D eigenvalue weighted by Gasteiger charge is 2.05. The van der Waals surface area contributed by atoms with Crippen molar-refractivity contribution in [2.24, 2.45) is 0 Å². The molecule has 76 valence electrons. The summed E-state index contributed by atoms with van der Waals surface area (Å²) in [6.07, 6.45) is 1.52. The summed E-state index contributed by atoms with van der Waals surface area (Å²) in [5.41, 5.74) is 2.20. The van der Waals surface area contributed by atoms with E-state index in [9.17, 15) is 4.39 Å². The molecular weight excluding hydrogens is 211 g/mol. The molecule has 4 heteroatoms. The highest BCUT2D eigenvalue weighted by atomic mass is 32.1. The van der Waals surface area contributed by atoms with Gasteiger partial charge in [-0.2, -0.15) is 0 Å². The van der Waals surface area contributed by atoms with Crippen LogP contribution in [0.15, 0.2) is 30.6 Å². The Morgan fingerprint density at radius 1 is 1.40 bits per heavy atom. The second-order valence-corrected chi connectivity index (χ2v) is 3.63. The van der Waals surface area contributed by atoms with Crippen LogP contribution in [0.2, 0.25) is 0 Å². The Kier molecular flexibility index (Phi) is 2.60. The van der Waals surface area contributed by atoms with Crippen molar-refractivity contribution >= 4 is 12.2 Å². The minimum absolute atomic E-state index is 0.219. The first kappa shape index (κ1) is 9.98. The number of benzene rings is 1. The average Bonchev–Trinajstić information content (AvgIpc) is 2.22. The fraction of sp³-hybridized carbons (Fsp3) is 0.0909. The number of nitrogens with one attached hydrogen (secondary N) is 1. The fourth-order valence-corrected chi connectivity index (χ4v) is 1.59. The van der Waals surface area contributed by atoms with Crippen molar-refractivity contribution in [2.75, 3.05) is 0 Å². The van der Waals surface area contributed by atoms with Crippen LogP contribution in [0.4, 0.5) is 4.39 Å². The van der Waals surface area contributed by atoms with Crippen molar-refractivity contribution in [3.63, 3.8) is 0 Å². The summed E-state index contributed by atoms with van der Waals surface area (Å²) in [4.78, 5) is 6.83. The molecule has 0 atom stereocenters. The lowest BCUT2D eigenvalue weighted by Gasteiger charge is -2.05. The Hall–Kier alpha value is -1.55. The van der Waals surface area contributed by atoms with Crippen LogP contribution in [0.3, 0.4) is 0 Å². The van der Waals surface area contributed by atoms with Gasteiger partial charge in [0.2, 0.25) is 0 Å². The molecule has 2 nitrogen and oxygen atoms in total. The van der Waals surface area contributed by atoms with E-state index in [-0.39, 0.29) is 5.82 Å². The molecule has 15 heavy (non-hydrogen) atoms. The quantitative estimate of drug-likeness (QED) is 0.747. The Morgan fingerprint density at radius 2 is 2.20 bits per heavy atom. The molecule has 1 aromatic heterocycles. The molecule has 0 unspecified atom stereocenters. The van der Waals surface area contributed by atoms with E-state index in [1.807, 2.05) is 6.07 Å². The minimum Gasteiger partial charge on any atom is -0.346 e. The summed E-state index contributed by atoms with van der Waals surface area (Å²) in [5.74, 6) is -0.219. The van der Waals surface area contributed by atoms with Gasteiger partial charge in [0.1, 0.15) is 10.5 Å². The van der Waals surface area contributed by atoms with Crippen LogP contribution < -0.4 is 0 Å². The Balaban J connectivity index is 2.64. The zero-order valence-electron chi connectivity index (χ0n) is 8.12. The molecule has 1 N–H and O–H groups in total. The number of hydrogen-bond donors (Lipinski definition) is 1. The molecule has 0 fully saturated rings. The summed E-state index contributed by atoms with van der Waals surface area (Å²) in [6, 6.07) is 6.68. The molecule has 2 aromatic rings. The maximum absolute atomic E-state index is 13.3. The highest BCUT2D eigenvalue weighted by Crippen LogP contribution is 2.22. The fourth-order valence-electron chi connectivity index (χ4n) is 1.42. The smallest absolute Gasteiger partial charge is 0.130 e. The van der Waals surface area contributed by atoms with Gasteiger partial charge >= 0.3 is 0 Å². The van der Waals surface area contributed by atoms with Gasteiger partial charge in [0.25, 0.3) is 0 Å². The van der Waals surface area contributed by atoms with Gasteiger partial charge in [0, 0.05) is 11.3 Å². The van der Waals surface area contributed by atoms with Gasteiger partial charge in [-0.25, -0.2) is 9.37 Å². The van der Waals surface area contributed by atoms with Crippen molar-refractivity contribution in [1.82, 2.24) is 9.97 Å². The van der Waals surface area contributed by atoms with Crippen molar-refractivity contribution in [3.8, 4) is 11.3 Å². The van der Waals surface area contributed by atoms with Crippen LogP contribution in [0.1, 0.15) is 5.56 Å². The van der Waals surface area contributed by atoms with E-state index < -0.39 is 0 Å². The molecule has 0 radical (unpaired) electrons. The monoisotopic (exact) mass is 220 g/mol. The van der Waals surface area contributed by atoms with Crippen molar-refractivity contribution in [1.29, 1.82) is 0 Å². The largest absolute Gasteiger partial charge is 0.346 e. The zero-order chi connectivity index (χ0) is 10.8. The van der Waals surface area contributed by atoms with E-state index in [0.717, 1.165) is 11.3 Å². The summed E-state index contributed by atoms with van der Waals surface area (Å²) < 4.78 is 13.8. The maximum Gasteiger partial charge on any atom is 0.130 e. The standard InChI is InChI=1S/C11H9FN2S/c1-7-8(3-2-4-9(7)12)10-5-11(15)14-6-13-10/h2-6H,1H3,(H,13,14,15). The lowest BCUT2D eigenvalue weighted by Crippen LogP contribution is -1.91. The van der Waals surface area contributed by atoms with E-state index in [4.69, 9.17) is 12.2 Å². The lowest BCUT2D eigenvalue weighted by atomic mass is 10.1. The number of halogens is 1. The van der Waals surface area contributed by atoms with Gasteiger partial charge in [-0.15, -0.1) is 0 Å². The molecule has 0 aliphatic heterocycles. The predicted octanol–water partition coefficient (Wildman–Crippen LogP) is 3.25. The van der Waals surface area contributed by atoms with Crippen molar-refractivity contribution in [3.05, 3.63) is 46.6 Å². The van der Waals surface area contributed by atoms with Crippen LogP contribution in [0.25, 0.3) is 11.3 Å². The van der Waals surface area contributed by atoms with Gasteiger partial charge in [-0.05, 0) is 24.6 Å². The number of hydrogen-bond acceptors (Lipinski definition) is 2. The molecule has 2 rings (SSSR count). The van der Waals surface area contributed by atoms with Gasteiger partial charge in [0.05, 0.1) is 6.33 Å². The molecule has 1 aromatic carbocycles. The maximum atomic E-state index is 13.3. The first-order valence-electron chi connectivity index (χ1n) is 4.48. The molecule has 0 saturated heterocycles. The predicted molar refractivity (Wildman–Crippen MR) is 59.6 cm³/mol. The number of nitrogens with zero attached hydrogens (tertiary/aromatic N) is 1. The SMILES string of the molecule is Cc1c(F)cccc1-c1cc(=S)nc[nH]1. The second-order valence-electron chi connectivity index (χ2n) is 3.21. The third-order valence-electron chi connectivity index (χ3n) is 2.24. The molecule has 0 spiro atoms. The molecule has 0 saturated carbocycles. The molecule has 0 bridgehead atoms. The van der Waals surface area contributed by atoms with E-state index in [0.29, 0.717) is 10.2 Å². The first-order valence-corrected chi connectivity index (χ1v) is 4.89. The summed E-state index contributed by atoms with van der Waals surface area (Å²) in [5, 5.41) is 0. The summed E-state index contributed by atoms with van der Waals surface area (Å²) in [6.45, 7) is 1.74. The van der Waals surface area contributed by atoms with E-state index in [1.165, 1.54) is 12.4 Å². The Bertz CT molecular complexity index is 548. The van der Waals surface area contributed by atoms with Gasteiger partial charge in [-0.3, -0.25) is 0 Å². The van der Waals surface area contributed by atoms with Crippen LogP contribution >= 0.6 is 12.2 Å². The van der Waals surface area contributed by atoms with Gasteiger partial charge in [-0.1, -0.05) is 24.4 Å². The van der Waals surface area contributed by atoms with Crippen LogP contribution in [-0.4, -0.2) is 9.97 Å². The molecule has 0 aliphatic carbocycles. The van der Waals surface area contributed by atoms with Crippen LogP contribution in [-0.2, 0) is 0 Å². The summed E-state index contributed by atoms with van der Waals surface area (Å²) >= 11 is 4.95. The molecule has 0 aliphatic rings. The minimum atomic E-state index is -0.219. The number of aromatic nitrogens is 2. The van der Waals surface area contributed by atoms with Crippen LogP contribution in [0, 0.1) is 17.4 Å². The van der Waals surface area contributed by atoms with Crippen molar-refractivity contribution in [2.45, 2.75) is 6.92 Å². The Morgan fingerprint density at radius 3 is 2.93 bits per heavy atom. The summed E-state index contributed by atoms with van der Waals surface area (Å²) in [7, 11) is 0. The van der Waals surface area contributed by atoms with Crippen molar-refractivity contribution < 1.29 is 4.39 Å². The van der Waals surface area contributed by atoms with E-state index >= 15 is 0 Å². The van der Waals surface area contributed by atoms with Gasteiger partial charge in [0.15, 0.2) is 0 Å². The topological polar surface area (TPSA) is 28.7 Å². The first-order chi connectivity index (χ1) is 7.18. The van der Waals surface area contributed by atoms with Gasteiger partial charge < -0.3 is 4.98 Å². The Labute approximate surface area is 91.8 Å². The molecular formula is C11H9FN2S.